The van der Waals surface area contributed by atoms with Crippen LogP contribution in [0, 0.1) is 5.92 Å². The molecule has 1 saturated carbocycles. The average molecular weight is 215 g/mol. The Bertz CT molecular complexity index is 248. The Labute approximate surface area is 88.8 Å². The van der Waals surface area contributed by atoms with Gasteiger partial charge < -0.3 is 15.2 Å². The molecule has 0 spiro atoms. The van der Waals surface area contributed by atoms with Gasteiger partial charge in [-0.25, -0.2) is 0 Å². The van der Waals surface area contributed by atoms with Crippen LogP contribution in [0.1, 0.15) is 26.7 Å². The molecule has 1 rings (SSSR count). The van der Waals surface area contributed by atoms with Crippen molar-refractivity contribution in [1.82, 2.24) is 5.32 Å². The van der Waals surface area contributed by atoms with Gasteiger partial charge in [0.2, 0.25) is 5.91 Å². The van der Waals surface area contributed by atoms with Crippen LogP contribution in [-0.2, 0) is 14.3 Å². The normalized spacial score (nSPS) is 26.5. The van der Waals surface area contributed by atoms with Crippen molar-refractivity contribution in [2.45, 2.75) is 38.8 Å². The van der Waals surface area contributed by atoms with Crippen LogP contribution in [-0.4, -0.2) is 35.7 Å². The number of carboxylic acid groups (broad SMARTS) is 1. The zero-order chi connectivity index (χ0) is 11.4. The highest BCUT2D eigenvalue weighted by Gasteiger charge is 2.32. The summed E-state index contributed by atoms with van der Waals surface area (Å²) in [6.07, 6.45) is 1.79. The topological polar surface area (TPSA) is 75.6 Å². The predicted octanol–water partition coefficient (Wildman–Crippen LogP) is 0.391. The monoisotopic (exact) mass is 215 g/mol. The van der Waals surface area contributed by atoms with E-state index in [1.54, 1.807) is 0 Å². The molecule has 1 atom stereocenters. The number of carboxylic acids is 1. The molecule has 0 heterocycles. The summed E-state index contributed by atoms with van der Waals surface area (Å²) in [5.74, 6) is -2.48. The standard InChI is InChI=1S/C10H17NO4/c1-3-15-8-4-7(5-8)11-9(12)6(2)10(13)14/h6-8H,3-5H2,1-2H3,(H,11,12)(H,13,14). The maximum atomic E-state index is 11.3. The minimum Gasteiger partial charge on any atom is -0.481 e. The van der Waals surface area contributed by atoms with Crippen molar-refractivity contribution in [3.8, 4) is 0 Å². The van der Waals surface area contributed by atoms with Crippen molar-refractivity contribution >= 4 is 11.9 Å². The Hall–Kier alpha value is -1.10. The first kappa shape index (κ1) is 12.0. The van der Waals surface area contributed by atoms with Gasteiger partial charge in [-0.3, -0.25) is 9.59 Å². The Morgan fingerprint density at radius 1 is 1.53 bits per heavy atom. The lowest BCUT2D eigenvalue weighted by atomic mass is 9.89. The van der Waals surface area contributed by atoms with E-state index in [4.69, 9.17) is 9.84 Å². The maximum absolute atomic E-state index is 11.3. The molecule has 0 aliphatic heterocycles. The molecule has 0 saturated heterocycles. The maximum Gasteiger partial charge on any atom is 0.315 e. The zero-order valence-electron chi connectivity index (χ0n) is 9.03. The molecular formula is C10H17NO4. The van der Waals surface area contributed by atoms with E-state index in [-0.39, 0.29) is 12.1 Å². The third-order valence-corrected chi connectivity index (χ3v) is 2.61. The number of hydrogen-bond acceptors (Lipinski definition) is 3. The highest BCUT2D eigenvalue weighted by molar-refractivity contribution is 5.96. The lowest BCUT2D eigenvalue weighted by molar-refractivity contribution is -0.146. The summed E-state index contributed by atoms with van der Waals surface area (Å²) in [7, 11) is 0. The first-order valence-corrected chi connectivity index (χ1v) is 5.19. The second-order valence-electron chi connectivity index (χ2n) is 3.81. The fourth-order valence-electron chi connectivity index (χ4n) is 1.49. The van der Waals surface area contributed by atoms with Crippen molar-refractivity contribution in [2.24, 2.45) is 5.92 Å². The lowest BCUT2D eigenvalue weighted by Crippen LogP contribution is -2.50. The van der Waals surface area contributed by atoms with Crippen molar-refractivity contribution in [1.29, 1.82) is 0 Å². The van der Waals surface area contributed by atoms with Gasteiger partial charge in [0.05, 0.1) is 6.10 Å². The van der Waals surface area contributed by atoms with Gasteiger partial charge in [0.25, 0.3) is 0 Å². The number of hydrogen-bond donors (Lipinski definition) is 2. The Morgan fingerprint density at radius 2 is 2.13 bits per heavy atom. The lowest BCUT2D eigenvalue weighted by Gasteiger charge is -2.35. The molecule has 1 aliphatic carbocycles. The van der Waals surface area contributed by atoms with E-state index < -0.39 is 17.8 Å². The summed E-state index contributed by atoms with van der Waals surface area (Å²) in [4.78, 5) is 21.8. The third kappa shape index (κ3) is 3.20. The Morgan fingerprint density at radius 3 is 2.60 bits per heavy atom. The fourth-order valence-corrected chi connectivity index (χ4v) is 1.49. The van der Waals surface area contributed by atoms with Crippen LogP contribution in [0.4, 0.5) is 0 Å². The molecule has 0 radical (unpaired) electrons. The number of carbonyl (C=O) groups is 2. The van der Waals surface area contributed by atoms with Crippen LogP contribution in [0.5, 0.6) is 0 Å². The van der Waals surface area contributed by atoms with E-state index >= 15 is 0 Å². The molecule has 1 amide bonds. The molecule has 5 heteroatoms. The van der Waals surface area contributed by atoms with Gasteiger partial charge in [0.1, 0.15) is 5.92 Å². The molecule has 0 aromatic carbocycles. The van der Waals surface area contributed by atoms with Crippen LogP contribution in [0.15, 0.2) is 0 Å². The summed E-state index contributed by atoms with van der Waals surface area (Å²) in [5.41, 5.74) is 0. The first-order valence-electron chi connectivity index (χ1n) is 5.19. The summed E-state index contributed by atoms with van der Waals surface area (Å²) in [6, 6.07) is 0.0795. The van der Waals surface area contributed by atoms with Crippen LogP contribution in [0.25, 0.3) is 0 Å². The van der Waals surface area contributed by atoms with E-state index in [2.05, 4.69) is 5.32 Å². The zero-order valence-corrected chi connectivity index (χ0v) is 9.03. The number of carbonyl (C=O) groups excluding carboxylic acids is 1. The van der Waals surface area contributed by atoms with Crippen LogP contribution in [0.2, 0.25) is 0 Å². The summed E-state index contributed by atoms with van der Waals surface area (Å²) in [5, 5.41) is 11.3. The van der Waals surface area contributed by atoms with Gasteiger partial charge in [-0.1, -0.05) is 0 Å². The van der Waals surface area contributed by atoms with Gasteiger partial charge in [-0.2, -0.15) is 0 Å². The van der Waals surface area contributed by atoms with Gasteiger partial charge >= 0.3 is 5.97 Å². The minimum absolute atomic E-state index is 0.0795. The molecule has 15 heavy (non-hydrogen) atoms. The molecule has 2 N–H and O–H groups in total. The smallest absolute Gasteiger partial charge is 0.315 e. The summed E-state index contributed by atoms with van der Waals surface area (Å²) in [6.45, 7) is 3.99. The Kier molecular flexibility index (Phi) is 4.08. The van der Waals surface area contributed by atoms with E-state index in [0.717, 1.165) is 12.8 Å². The molecule has 5 nitrogen and oxygen atoms in total. The van der Waals surface area contributed by atoms with Crippen molar-refractivity contribution in [3.05, 3.63) is 0 Å². The summed E-state index contributed by atoms with van der Waals surface area (Å²) < 4.78 is 5.33. The number of ether oxygens (including phenoxy) is 1. The van der Waals surface area contributed by atoms with E-state index in [1.807, 2.05) is 6.92 Å². The molecule has 86 valence electrons. The van der Waals surface area contributed by atoms with Crippen molar-refractivity contribution in [3.63, 3.8) is 0 Å². The molecule has 1 fully saturated rings. The second kappa shape index (κ2) is 5.11. The number of aliphatic carboxylic acids is 1. The van der Waals surface area contributed by atoms with Gasteiger partial charge in [0.15, 0.2) is 0 Å². The predicted molar refractivity (Wildman–Crippen MR) is 53.4 cm³/mol. The molecular weight excluding hydrogens is 198 g/mol. The van der Waals surface area contributed by atoms with Crippen LogP contribution >= 0.6 is 0 Å². The molecule has 1 aliphatic rings. The van der Waals surface area contributed by atoms with Gasteiger partial charge in [-0.05, 0) is 26.7 Å². The van der Waals surface area contributed by atoms with E-state index in [0.29, 0.717) is 6.61 Å². The highest BCUT2D eigenvalue weighted by Crippen LogP contribution is 2.23. The van der Waals surface area contributed by atoms with Crippen LogP contribution in [0.3, 0.4) is 0 Å². The van der Waals surface area contributed by atoms with Crippen molar-refractivity contribution < 1.29 is 19.4 Å². The number of nitrogens with one attached hydrogen (secondary N) is 1. The second-order valence-corrected chi connectivity index (χ2v) is 3.81. The summed E-state index contributed by atoms with van der Waals surface area (Å²) >= 11 is 0. The van der Waals surface area contributed by atoms with Gasteiger partial charge in [-0.15, -0.1) is 0 Å². The largest absolute Gasteiger partial charge is 0.481 e. The van der Waals surface area contributed by atoms with Gasteiger partial charge in [0, 0.05) is 12.6 Å². The van der Waals surface area contributed by atoms with E-state index in [1.165, 1.54) is 6.92 Å². The Balaban J connectivity index is 2.21. The van der Waals surface area contributed by atoms with Crippen LogP contribution < -0.4 is 5.32 Å². The first-order chi connectivity index (χ1) is 7.04. The number of amides is 1. The molecule has 1 unspecified atom stereocenters. The third-order valence-electron chi connectivity index (χ3n) is 2.61. The van der Waals surface area contributed by atoms with E-state index in [9.17, 15) is 9.59 Å². The molecule has 0 bridgehead atoms. The average Bonchev–Trinajstić information content (AvgIpc) is 2.13. The molecule has 0 aromatic rings. The number of rotatable bonds is 5. The highest BCUT2D eigenvalue weighted by atomic mass is 16.5. The fraction of sp³-hybridized carbons (Fsp3) is 0.800. The minimum atomic E-state index is -1.09. The SMILES string of the molecule is CCOC1CC(NC(=O)C(C)C(=O)O)C1. The van der Waals surface area contributed by atoms with Crippen molar-refractivity contribution in [2.75, 3.05) is 6.61 Å². The quantitative estimate of drug-likeness (QED) is 0.650. The molecule has 0 aromatic heterocycles.